The van der Waals surface area contributed by atoms with Crippen LogP contribution in [0, 0.1) is 11.7 Å². The number of benzene rings is 1. The van der Waals surface area contributed by atoms with E-state index in [9.17, 15) is 14.0 Å². The van der Waals surface area contributed by atoms with Crippen molar-refractivity contribution in [3.63, 3.8) is 0 Å². The van der Waals surface area contributed by atoms with Gasteiger partial charge in [0.2, 0.25) is 5.91 Å². The zero-order valence-electron chi connectivity index (χ0n) is 16.5. The molecular weight excluding hydrogens is 357 g/mol. The van der Waals surface area contributed by atoms with Gasteiger partial charge in [-0.2, -0.15) is 0 Å². The molecule has 0 unspecified atom stereocenters. The summed E-state index contributed by atoms with van der Waals surface area (Å²) in [6.07, 6.45) is 7.36. The minimum Gasteiger partial charge on any atom is -0.338 e. The van der Waals surface area contributed by atoms with Crippen LogP contribution in [0.25, 0.3) is 0 Å². The van der Waals surface area contributed by atoms with Crippen molar-refractivity contribution in [2.75, 3.05) is 39.3 Å². The van der Waals surface area contributed by atoms with Gasteiger partial charge in [-0.05, 0) is 43.7 Å². The highest BCUT2D eigenvalue weighted by Gasteiger charge is 2.36. The molecule has 28 heavy (non-hydrogen) atoms. The van der Waals surface area contributed by atoms with Gasteiger partial charge in [0.05, 0.1) is 12.1 Å². The van der Waals surface area contributed by atoms with Crippen molar-refractivity contribution >= 4 is 11.8 Å². The quantitative estimate of drug-likeness (QED) is 0.801. The minimum absolute atomic E-state index is 0.128. The standard InChI is InChI=1S/C22H30FN3O2/c23-19-9-3-2-8-18(19)22(28)25-14-12-24(13-15-25)16-21(27)26-11-5-7-17-6-1-4-10-20(17)26/h2-3,8-9,17,20H,1,4-7,10-16H2/t17-,20-/m0/s1. The molecule has 2 heterocycles. The van der Waals surface area contributed by atoms with Crippen LogP contribution in [0.4, 0.5) is 4.39 Å². The van der Waals surface area contributed by atoms with Crippen LogP contribution in [0.2, 0.25) is 0 Å². The number of fused-ring (bicyclic) bond motifs is 1. The number of carbonyl (C=O) groups excluding carboxylic acids is 2. The third-order valence-electron chi connectivity index (χ3n) is 6.69. The number of piperidine rings is 1. The van der Waals surface area contributed by atoms with Crippen molar-refractivity contribution in [2.24, 2.45) is 5.92 Å². The Hall–Kier alpha value is -1.95. The number of carbonyl (C=O) groups is 2. The zero-order chi connectivity index (χ0) is 19.5. The second-order valence-electron chi connectivity index (χ2n) is 8.39. The molecule has 1 aliphatic carbocycles. The number of hydrogen-bond acceptors (Lipinski definition) is 3. The molecule has 0 spiro atoms. The van der Waals surface area contributed by atoms with E-state index in [1.165, 1.54) is 37.8 Å². The van der Waals surface area contributed by atoms with E-state index in [2.05, 4.69) is 9.80 Å². The highest BCUT2D eigenvalue weighted by atomic mass is 19.1. The van der Waals surface area contributed by atoms with Crippen molar-refractivity contribution in [3.8, 4) is 0 Å². The maximum atomic E-state index is 13.9. The van der Waals surface area contributed by atoms with Gasteiger partial charge in [-0.25, -0.2) is 4.39 Å². The van der Waals surface area contributed by atoms with E-state index in [0.29, 0.717) is 44.7 Å². The van der Waals surface area contributed by atoms with Gasteiger partial charge in [-0.15, -0.1) is 0 Å². The molecule has 0 radical (unpaired) electrons. The Bertz CT molecular complexity index is 715. The van der Waals surface area contributed by atoms with Gasteiger partial charge in [0.15, 0.2) is 0 Å². The lowest BCUT2D eigenvalue weighted by molar-refractivity contribution is -0.139. The fourth-order valence-electron chi connectivity index (χ4n) is 5.13. The predicted octanol–water partition coefficient (Wildman–Crippen LogP) is 2.76. The number of amides is 2. The average Bonchev–Trinajstić information content (AvgIpc) is 2.73. The molecule has 2 amide bonds. The van der Waals surface area contributed by atoms with Crippen LogP contribution in [0.5, 0.6) is 0 Å². The summed E-state index contributed by atoms with van der Waals surface area (Å²) < 4.78 is 13.9. The topological polar surface area (TPSA) is 43.9 Å². The third-order valence-corrected chi connectivity index (χ3v) is 6.69. The summed E-state index contributed by atoms with van der Waals surface area (Å²) in [6.45, 7) is 3.72. The zero-order valence-corrected chi connectivity index (χ0v) is 16.5. The maximum absolute atomic E-state index is 13.9. The Morgan fingerprint density at radius 1 is 0.929 bits per heavy atom. The molecule has 2 atom stereocenters. The van der Waals surface area contributed by atoms with Crippen LogP contribution >= 0.6 is 0 Å². The normalized spacial score (nSPS) is 26.0. The molecule has 0 N–H and O–H groups in total. The molecule has 3 aliphatic rings. The highest BCUT2D eigenvalue weighted by Crippen LogP contribution is 2.35. The number of halogens is 1. The first-order chi connectivity index (χ1) is 13.6. The molecular formula is C22H30FN3O2. The van der Waals surface area contributed by atoms with E-state index in [0.717, 1.165) is 19.4 Å². The van der Waals surface area contributed by atoms with E-state index in [-0.39, 0.29) is 17.4 Å². The number of piperazine rings is 1. The molecule has 1 saturated carbocycles. The van der Waals surface area contributed by atoms with Gasteiger partial charge >= 0.3 is 0 Å². The summed E-state index contributed by atoms with van der Waals surface area (Å²) in [5.74, 6) is 0.203. The molecule has 3 fully saturated rings. The molecule has 5 nitrogen and oxygen atoms in total. The largest absolute Gasteiger partial charge is 0.338 e. The molecule has 152 valence electrons. The SMILES string of the molecule is O=C(c1ccccc1F)N1CCN(CC(=O)N2CCC[C@@H]3CCCC[C@@H]32)CC1. The molecule has 6 heteroatoms. The van der Waals surface area contributed by atoms with Gasteiger partial charge < -0.3 is 9.80 Å². The fraction of sp³-hybridized carbons (Fsp3) is 0.636. The van der Waals surface area contributed by atoms with Crippen LogP contribution < -0.4 is 0 Å². The van der Waals surface area contributed by atoms with Crippen LogP contribution in [-0.4, -0.2) is 71.8 Å². The summed E-state index contributed by atoms with van der Waals surface area (Å²) in [5.41, 5.74) is 0.128. The number of likely N-dealkylation sites (tertiary alicyclic amines) is 1. The van der Waals surface area contributed by atoms with Gasteiger partial charge in [0, 0.05) is 38.8 Å². The van der Waals surface area contributed by atoms with Crippen molar-refractivity contribution < 1.29 is 14.0 Å². The van der Waals surface area contributed by atoms with Gasteiger partial charge in [-0.1, -0.05) is 25.0 Å². The predicted molar refractivity (Wildman–Crippen MR) is 105 cm³/mol. The lowest BCUT2D eigenvalue weighted by Crippen LogP contribution is -2.55. The number of nitrogens with zero attached hydrogens (tertiary/aromatic N) is 3. The first-order valence-electron chi connectivity index (χ1n) is 10.7. The summed E-state index contributed by atoms with van der Waals surface area (Å²) in [7, 11) is 0. The Labute approximate surface area is 166 Å². The van der Waals surface area contributed by atoms with Crippen LogP contribution in [0.1, 0.15) is 48.9 Å². The maximum Gasteiger partial charge on any atom is 0.256 e. The van der Waals surface area contributed by atoms with Crippen molar-refractivity contribution in [1.82, 2.24) is 14.7 Å². The summed E-state index contributed by atoms with van der Waals surface area (Å²) in [6, 6.07) is 6.57. The molecule has 4 rings (SSSR count). The van der Waals surface area contributed by atoms with Crippen LogP contribution in [0.15, 0.2) is 24.3 Å². The molecule has 2 aliphatic heterocycles. The molecule has 2 saturated heterocycles. The smallest absolute Gasteiger partial charge is 0.256 e. The number of hydrogen-bond donors (Lipinski definition) is 0. The second kappa shape index (κ2) is 8.60. The van der Waals surface area contributed by atoms with E-state index in [1.807, 2.05) is 0 Å². The minimum atomic E-state index is -0.475. The summed E-state index contributed by atoms with van der Waals surface area (Å²) in [4.78, 5) is 31.5. The lowest BCUT2D eigenvalue weighted by atomic mass is 9.78. The van der Waals surface area contributed by atoms with Gasteiger partial charge in [0.25, 0.3) is 5.91 Å². The van der Waals surface area contributed by atoms with E-state index in [4.69, 9.17) is 0 Å². The monoisotopic (exact) mass is 387 g/mol. The Morgan fingerprint density at radius 3 is 2.43 bits per heavy atom. The van der Waals surface area contributed by atoms with Crippen molar-refractivity contribution in [3.05, 3.63) is 35.6 Å². The summed E-state index contributed by atoms with van der Waals surface area (Å²) in [5, 5.41) is 0. The lowest BCUT2D eigenvalue weighted by Gasteiger charge is -2.45. The average molecular weight is 387 g/mol. The van der Waals surface area contributed by atoms with Crippen molar-refractivity contribution in [2.45, 2.75) is 44.6 Å². The van der Waals surface area contributed by atoms with E-state index >= 15 is 0 Å². The molecule has 0 aromatic heterocycles. The van der Waals surface area contributed by atoms with Gasteiger partial charge in [-0.3, -0.25) is 14.5 Å². The summed E-state index contributed by atoms with van der Waals surface area (Å²) >= 11 is 0. The van der Waals surface area contributed by atoms with E-state index < -0.39 is 5.82 Å². The number of rotatable bonds is 3. The second-order valence-corrected chi connectivity index (χ2v) is 8.39. The van der Waals surface area contributed by atoms with Crippen LogP contribution in [0.3, 0.4) is 0 Å². The van der Waals surface area contributed by atoms with Crippen LogP contribution in [-0.2, 0) is 4.79 Å². The van der Waals surface area contributed by atoms with E-state index in [1.54, 1.807) is 17.0 Å². The Kier molecular flexibility index (Phi) is 5.95. The highest BCUT2D eigenvalue weighted by molar-refractivity contribution is 5.94. The van der Waals surface area contributed by atoms with Crippen molar-refractivity contribution in [1.29, 1.82) is 0 Å². The molecule has 0 bridgehead atoms. The molecule has 1 aromatic rings. The Morgan fingerprint density at radius 2 is 1.64 bits per heavy atom. The third kappa shape index (κ3) is 4.07. The Balaban J connectivity index is 1.30. The fourth-order valence-corrected chi connectivity index (χ4v) is 5.13. The first kappa shape index (κ1) is 19.4. The molecule has 1 aromatic carbocycles. The van der Waals surface area contributed by atoms with Gasteiger partial charge in [0.1, 0.15) is 5.82 Å². The first-order valence-corrected chi connectivity index (χ1v) is 10.7.